The lowest BCUT2D eigenvalue weighted by atomic mass is 10.3. The van der Waals surface area contributed by atoms with Crippen molar-refractivity contribution in [1.29, 1.82) is 0 Å². The molecule has 2 aromatic heterocycles. The number of nitrogens with zero attached hydrogens (tertiary/aromatic N) is 5. The summed E-state index contributed by atoms with van der Waals surface area (Å²) < 4.78 is 5.81. The predicted molar refractivity (Wildman–Crippen MR) is 102 cm³/mol. The minimum atomic E-state index is 0.845. The Morgan fingerprint density at radius 3 is 2.77 bits per heavy atom. The molecule has 4 rings (SSSR count). The zero-order valence-corrected chi connectivity index (χ0v) is 15.3. The van der Waals surface area contributed by atoms with Gasteiger partial charge in [0.2, 0.25) is 0 Å². The molecule has 3 aromatic rings. The number of oxazole rings is 1. The average molecular weight is 351 g/mol. The van der Waals surface area contributed by atoms with Crippen LogP contribution in [0.5, 0.6) is 0 Å². The van der Waals surface area contributed by atoms with Gasteiger partial charge in [0.05, 0.1) is 5.69 Å². The third-order valence-corrected chi connectivity index (χ3v) is 4.90. The Kier molecular flexibility index (Phi) is 5.11. The van der Waals surface area contributed by atoms with Gasteiger partial charge in [-0.1, -0.05) is 12.1 Å². The van der Waals surface area contributed by atoms with Crippen LogP contribution >= 0.6 is 0 Å². The minimum Gasteiger partial charge on any atom is -0.441 e. The molecule has 136 valence electrons. The number of hydrogen-bond acceptors (Lipinski definition) is 6. The molecule has 6 heteroatoms. The number of para-hydroxylation sites is 2. The lowest BCUT2D eigenvalue weighted by Gasteiger charge is -2.22. The Morgan fingerprint density at radius 1 is 1.00 bits per heavy atom. The van der Waals surface area contributed by atoms with Gasteiger partial charge >= 0.3 is 0 Å². The molecule has 1 fully saturated rings. The van der Waals surface area contributed by atoms with Crippen molar-refractivity contribution in [1.82, 2.24) is 20.1 Å². The Hall–Kier alpha value is -2.47. The second-order valence-corrected chi connectivity index (χ2v) is 6.89. The van der Waals surface area contributed by atoms with Crippen molar-refractivity contribution in [3.05, 3.63) is 48.0 Å². The second-order valence-electron chi connectivity index (χ2n) is 6.89. The monoisotopic (exact) mass is 351 g/mol. The molecule has 6 nitrogen and oxygen atoms in total. The lowest BCUT2D eigenvalue weighted by molar-refractivity contribution is 0.286. The molecule has 0 N–H and O–H groups in total. The van der Waals surface area contributed by atoms with Crippen LogP contribution in [0.4, 0.5) is 5.82 Å². The van der Waals surface area contributed by atoms with Gasteiger partial charge in [0.1, 0.15) is 5.52 Å². The molecule has 0 unspecified atom stereocenters. The van der Waals surface area contributed by atoms with Gasteiger partial charge in [-0.2, -0.15) is 5.10 Å². The molecular formula is C20H25N5O. The van der Waals surface area contributed by atoms with Gasteiger partial charge in [0.15, 0.2) is 17.3 Å². The fourth-order valence-corrected chi connectivity index (χ4v) is 3.46. The highest BCUT2D eigenvalue weighted by molar-refractivity contribution is 5.72. The zero-order chi connectivity index (χ0) is 17.8. The molecule has 0 amide bonds. The van der Waals surface area contributed by atoms with Crippen molar-refractivity contribution in [2.75, 3.05) is 37.6 Å². The van der Waals surface area contributed by atoms with E-state index in [4.69, 9.17) is 4.42 Å². The van der Waals surface area contributed by atoms with Crippen LogP contribution in [0.2, 0.25) is 0 Å². The van der Waals surface area contributed by atoms with E-state index < -0.39 is 0 Å². The Labute approximate surface area is 153 Å². The summed E-state index contributed by atoms with van der Waals surface area (Å²) in [7, 11) is 0. The largest absolute Gasteiger partial charge is 0.441 e. The molecule has 0 radical (unpaired) electrons. The maximum atomic E-state index is 5.81. The molecule has 0 saturated carbocycles. The molecule has 1 saturated heterocycles. The smallest absolute Gasteiger partial charge is 0.195 e. The van der Waals surface area contributed by atoms with E-state index >= 15 is 0 Å². The Balaban J connectivity index is 1.27. The average Bonchev–Trinajstić information content (AvgIpc) is 2.93. The van der Waals surface area contributed by atoms with Gasteiger partial charge in [-0.25, -0.2) is 4.98 Å². The summed E-state index contributed by atoms with van der Waals surface area (Å²) in [4.78, 5) is 9.44. The number of anilines is 1. The molecule has 0 bridgehead atoms. The first kappa shape index (κ1) is 17.0. The quantitative estimate of drug-likeness (QED) is 0.704. The second kappa shape index (κ2) is 7.83. The molecule has 0 aliphatic carbocycles. The molecule has 26 heavy (non-hydrogen) atoms. The summed E-state index contributed by atoms with van der Waals surface area (Å²) in [5, 5.41) is 8.51. The Bertz CT molecular complexity index is 812. The van der Waals surface area contributed by atoms with Gasteiger partial charge in [0, 0.05) is 26.1 Å². The highest BCUT2D eigenvalue weighted by Gasteiger charge is 2.16. The van der Waals surface area contributed by atoms with Crippen LogP contribution in [0.25, 0.3) is 11.1 Å². The number of aromatic nitrogens is 3. The van der Waals surface area contributed by atoms with E-state index in [-0.39, 0.29) is 0 Å². The first-order valence-electron chi connectivity index (χ1n) is 9.40. The fraction of sp³-hybridized carbons (Fsp3) is 0.450. The van der Waals surface area contributed by atoms with E-state index in [9.17, 15) is 0 Å². The van der Waals surface area contributed by atoms with E-state index in [0.29, 0.717) is 0 Å². The van der Waals surface area contributed by atoms with Crippen molar-refractivity contribution in [3.63, 3.8) is 0 Å². The van der Waals surface area contributed by atoms with Gasteiger partial charge < -0.3 is 14.2 Å². The van der Waals surface area contributed by atoms with E-state index in [1.54, 1.807) is 0 Å². The minimum absolute atomic E-state index is 0.845. The molecule has 1 aromatic carbocycles. The number of fused-ring (bicyclic) bond motifs is 1. The van der Waals surface area contributed by atoms with Crippen LogP contribution in [0.3, 0.4) is 0 Å². The molecule has 3 heterocycles. The SMILES string of the molecule is Cc1ccc(N2CCCN(CCCc3nc4ccccc4o3)CC2)nn1. The number of hydrogen-bond donors (Lipinski definition) is 0. The molecule has 1 aliphatic heterocycles. The molecular weight excluding hydrogens is 326 g/mol. The van der Waals surface area contributed by atoms with Gasteiger partial charge in [-0.15, -0.1) is 5.10 Å². The van der Waals surface area contributed by atoms with Crippen LogP contribution in [-0.2, 0) is 6.42 Å². The predicted octanol–water partition coefficient (Wildman–Crippen LogP) is 3.07. The third-order valence-electron chi connectivity index (χ3n) is 4.90. The highest BCUT2D eigenvalue weighted by atomic mass is 16.3. The number of rotatable bonds is 5. The fourth-order valence-electron chi connectivity index (χ4n) is 3.46. The summed E-state index contributed by atoms with van der Waals surface area (Å²) in [6.45, 7) is 7.27. The van der Waals surface area contributed by atoms with Gasteiger partial charge in [-0.3, -0.25) is 0 Å². The van der Waals surface area contributed by atoms with Crippen LogP contribution < -0.4 is 4.90 Å². The number of aryl methyl sites for hydroxylation is 2. The van der Waals surface area contributed by atoms with Crippen molar-refractivity contribution < 1.29 is 4.42 Å². The van der Waals surface area contributed by atoms with Crippen molar-refractivity contribution in [2.45, 2.75) is 26.2 Å². The topological polar surface area (TPSA) is 58.3 Å². The van der Waals surface area contributed by atoms with E-state index in [0.717, 1.165) is 80.5 Å². The number of benzene rings is 1. The zero-order valence-electron chi connectivity index (χ0n) is 15.3. The van der Waals surface area contributed by atoms with Crippen LogP contribution in [0.15, 0.2) is 40.8 Å². The van der Waals surface area contributed by atoms with Crippen LogP contribution in [-0.4, -0.2) is 52.8 Å². The standard InChI is InChI=1S/C20H25N5O/c1-16-9-10-19(23-22-16)25-13-5-12-24(14-15-25)11-4-8-20-21-17-6-2-3-7-18(17)26-20/h2-3,6-7,9-10H,4-5,8,11-15H2,1H3. The Morgan fingerprint density at radius 2 is 1.92 bits per heavy atom. The maximum Gasteiger partial charge on any atom is 0.195 e. The normalized spacial score (nSPS) is 16.1. The maximum absolute atomic E-state index is 5.81. The molecule has 0 spiro atoms. The first-order chi connectivity index (χ1) is 12.8. The summed E-state index contributed by atoms with van der Waals surface area (Å²) in [5.41, 5.74) is 2.80. The molecule has 0 atom stereocenters. The highest BCUT2D eigenvalue weighted by Crippen LogP contribution is 2.17. The van der Waals surface area contributed by atoms with Crippen LogP contribution in [0.1, 0.15) is 24.4 Å². The van der Waals surface area contributed by atoms with E-state index in [1.165, 1.54) is 0 Å². The van der Waals surface area contributed by atoms with E-state index in [2.05, 4.69) is 31.0 Å². The van der Waals surface area contributed by atoms with Crippen LogP contribution in [0, 0.1) is 6.92 Å². The van der Waals surface area contributed by atoms with Gasteiger partial charge in [0.25, 0.3) is 0 Å². The van der Waals surface area contributed by atoms with Gasteiger partial charge in [-0.05, 0) is 57.1 Å². The molecule has 1 aliphatic rings. The summed E-state index contributed by atoms with van der Waals surface area (Å²) in [6.07, 6.45) is 3.11. The summed E-state index contributed by atoms with van der Waals surface area (Å²) in [5.74, 6) is 1.83. The summed E-state index contributed by atoms with van der Waals surface area (Å²) >= 11 is 0. The van der Waals surface area contributed by atoms with Crippen molar-refractivity contribution >= 4 is 16.9 Å². The van der Waals surface area contributed by atoms with Crippen molar-refractivity contribution in [3.8, 4) is 0 Å². The summed E-state index contributed by atoms with van der Waals surface area (Å²) in [6, 6.07) is 12.1. The van der Waals surface area contributed by atoms with Crippen molar-refractivity contribution in [2.24, 2.45) is 0 Å². The first-order valence-corrected chi connectivity index (χ1v) is 9.40. The third kappa shape index (κ3) is 4.02. The lowest BCUT2D eigenvalue weighted by Crippen LogP contribution is -2.32. The van der Waals surface area contributed by atoms with E-state index in [1.807, 2.05) is 37.3 Å².